The van der Waals surface area contributed by atoms with Crippen LogP contribution >= 0.6 is 15.9 Å². The van der Waals surface area contributed by atoms with Gasteiger partial charge in [-0.25, -0.2) is 14.0 Å². The Morgan fingerprint density at radius 3 is 2.52 bits per heavy atom. The highest BCUT2D eigenvalue weighted by Gasteiger charge is 2.09. The molecule has 2 aromatic rings. The van der Waals surface area contributed by atoms with Crippen LogP contribution in [0.15, 0.2) is 46.9 Å². The van der Waals surface area contributed by atoms with Crippen LogP contribution in [-0.4, -0.2) is 17.1 Å². The van der Waals surface area contributed by atoms with Crippen molar-refractivity contribution in [1.29, 1.82) is 0 Å². The number of carboxylic acid groups (broad SMARTS) is 1. The van der Waals surface area contributed by atoms with E-state index in [1.807, 2.05) is 0 Å². The number of rotatable bonds is 3. The van der Waals surface area contributed by atoms with Crippen molar-refractivity contribution in [2.75, 3.05) is 10.6 Å². The van der Waals surface area contributed by atoms with Gasteiger partial charge in [0.2, 0.25) is 0 Å². The molecule has 0 radical (unpaired) electrons. The van der Waals surface area contributed by atoms with Gasteiger partial charge in [0, 0.05) is 10.2 Å². The summed E-state index contributed by atoms with van der Waals surface area (Å²) in [6.07, 6.45) is 0. The maximum Gasteiger partial charge on any atom is 0.335 e. The fourth-order valence-corrected chi connectivity index (χ4v) is 1.94. The van der Waals surface area contributed by atoms with Crippen molar-refractivity contribution in [2.45, 2.75) is 0 Å². The first-order chi connectivity index (χ1) is 9.95. The van der Waals surface area contributed by atoms with E-state index in [1.165, 1.54) is 36.4 Å². The van der Waals surface area contributed by atoms with E-state index in [1.54, 1.807) is 6.07 Å². The predicted octanol–water partition coefficient (Wildman–Crippen LogP) is 3.93. The summed E-state index contributed by atoms with van der Waals surface area (Å²) in [4.78, 5) is 22.6. The lowest BCUT2D eigenvalue weighted by molar-refractivity contribution is 0.0697. The van der Waals surface area contributed by atoms with Gasteiger partial charge in [0.1, 0.15) is 5.82 Å². The van der Waals surface area contributed by atoms with Crippen molar-refractivity contribution >= 4 is 39.3 Å². The minimum Gasteiger partial charge on any atom is -0.478 e. The highest BCUT2D eigenvalue weighted by molar-refractivity contribution is 9.10. The predicted molar refractivity (Wildman–Crippen MR) is 80.1 cm³/mol. The Morgan fingerprint density at radius 2 is 1.86 bits per heavy atom. The van der Waals surface area contributed by atoms with E-state index >= 15 is 0 Å². The van der Waals surface area contributed by atoms with Gasteiger partial charge >= 0.3 is 12.0 Å². The third kappa shape index (κ3) is 4.03. The molecule has 3 N–H and O–H groups in total. The molecule has 21 heavy (non-hydrogen) atoms. The van der Waals surface area contributed by atoms with Gasteiger partial charge in [0.15, 0.2) is 0 Å². The SMILES string of the molecule is O=C(Nc1cccc(C(=O)O)c1)Nc1ccc(Br)cc1F. The summed E-state index contributed by atoms with van der Waals surface area (Å²) in [5, 5.41) is 13.6. The Hall–Kier alpha value is -2.41. The molecule has 0 aliphatic heterocycles. The molecule has 0 aliphatic carbocycles. The molecular formula is C14H10BrFN2O3. The van der Waals surface area contributed by atoms with Crippen LogP contribution in [0.4, 0.5) is 20.6 Å². The van der Waals surface area contributed by atoms with Crippen molar-refractivity contribution < 1.29 is 19.1 Å². The number of anilines is 2. The minimum absolute atomic E-state index is 0.0186. The fraction of sp³-hybridized carbons (Fsp3) is 0. The van der Waals surface area contributed by atoms with Gasteiger partial charge in [-0.2, -0.15) is 0 Å². The Bertz CT molecular complexity index is 706. The van der Waals surface area contributed by atoms with E-state index in [9.17, 15) is 14.0 Å². The number of amides is 2. The lowest BCUT2D eigenvalue weighted by Crippen LogP contribution is -2.20. The number of aromatic carboxylic acids is 1. The highest BCUT2D eigenvalue weighted by Crippen LogP contribution is 2.19. The minimum atomic E-state index is -1.10. The van der Waals surface area contributed by atoms with E-state index < -0.39 is 17.8 Å². The fourth-order valence-electron chi connectivity index (χ4n) is 1.61. The second-order valence-electron chi connectivity index (χ2n) is 4.09. The first kappa shape index (κ1) is 15.0. The molecule has 0 heterocycles. The average molecular weight is 353 g/mol. The molecule has 7 heteroatoms. The Kier molecular flexibility index (Phi) is 4.54. The van der Waals surface area contributed by atoms with Crippen LogP contribution in [0, 0.1) is 5.82 Å². The van der Waals surface area contributed by atoms with Crippen LogP contribution in [0.1, 0.15) is 10.4 Å². The zero-order valence-corrected chi connectivity index (χ0v) is 12.1. The van der Waals surface area contributed by atoms with Crippen molar-refractivity contribution in [3.05, 3.63) is 58.3 Å². The number of benzene rings is 2. The topological polar surface area (TPSA) is 78.4 Å². The Labute approximate surface area is 127 Å². The molecule has 0 atom stereocenters. The highest BCUT2D eigenvalue weighted by atomic mass is 79.9. The lowest BCUT2D eigenvalue weighted by Gasteiger charge is -2.09. The normalized spacial score (nSPS) is 10.0. The number of urea groups is 1. The molecule has 0 aromatic heterocycles. The second-order valence-corrected chi connectivity index (χ2v) is 5.00. The summed E-state index contributed by atoms with van der Waals surface area (Å²) in [5.74, 6) is -1.68. The monoisotopic (exact) mass is 352 g/mol. The summed E-state index contributed by atoms with van der Waals surface area (Å²) in [6.45, 7) is 0. The summed E-state index contributed by atoms with van der Waals surface area (Å²) in [7, 11) is 0. The van der Waals surface area contributed by atoms with Gasteiger partial charge in [0.05, 0.1) is 11.3 Å². The molecular weight excluding hydrogens is 343 g/mol. The zero-order valence-electron chi connectivity index (χ0n) is 10.6. The average Bonchev–Trinajstić information content (AvgIpc) is 2.42. The quantitative estimate of drug-likeness (QED) is 0.782. The summed E-state index contributed by atoms with van der Waals surface area (Å²) in [6, 6.07) is 9.29. The standard InChI is InChI=1S/C14H10BrFN2O3/c15-9-4-5-12(11(16)7-9)18-14(21)17-10-3-1-2-8(6-10)13(19)20/h1-7H,(H,19,20)(H2,17,18,21). The number of hydrogen-bond donors (Lipinski definition) is 3. The molecule has 2 aromatic carbocycles. The van der Waals surface area contributed by atoms with Gasteiger partial charge in [-0.05, 0) is 36.4 Å². The van der Waals surface area contributed by atoms with Gasteiger partial charge in [-0.3, -0.25) is 0 Å². The molecule has 0 bridgehead atoms. The molecule has 108 valence electrons. The summed E-state index contributed by atoms with van der Waals surface area (Å²) < 4.78 is 14.1. The van der Waals surface area contributed by atoms with Crippen molar-refractivity contribution in [3.8, 4) is 0 Å². The molecule has 0 saturated carbocycles. The van der Waals surface area contributed by atoms with Gasteiger partial charge in [0.25, 0.3) is 0 Å². The molecule has 0 saturated heterocycles. The molecule has 0 spiro atoms. The van der Waals surface area contributed by atoms with Crippen LogP contribution in [0.5, 0.6) is 0 Å². The van der Waals surface area contributed by atoms with Gasteiger partial charge in [-0.15, -0.1) is 0 Å². The molecule has 2 amide bonds. The molecule has 0 aliphatic rings. The van der Waals surface area contributed by atoms with E-state index in [4.69, 9.17) is 5.11 Å². The van der Waals surface area contributed by atoms with Crippen molar-refractivity contribution in [3.63, 3.8) is 0 Å². The smallest absolute Gasteiger partial charge is 0.335 e. The van der Waals surface area contributed by atoms with E-state index in [2.05, 4.69) is 26.6 Å². The van der Waals surface area contributed by atoms with E-state index in [0.29, 0.717) is 10.2 Å². The first-order valence-electron chi connectivity index (χ1n) is 5.82. The van der Waals surface area contributed by atoms with Crippen LogP contribution in [0.3, 0.4) is 0 Å². The third-order valence-corrected chi connectivity index (χ3v) is 3.04. The van der Waals surface area contributed by atoms with Crippen LogP contribution in [0.2, 0.25) is 0 Å². The van der Waals surface area contributed by atoms with Gasteiger partial charge in [-0.1, -0.05) is 22.0 Å². The number of halogens is 2. The third-order valence-electron chi connectivity index (χ3n) is 2.55. The number of nitrogens with one attached hydrogen (secondary N) is 2. The van der Waals surface area contributed by atoms with Crippen molar-refractivity contribution in [2.24, 2.45) is 0 Å². The number of hydrogen-bond acceptors (Lipinski definition) is 2. The van der Waals surface area contributed by atoms with Crippen LogP contribution < -0.4 is 10.6 Å². The summed E-state index contributed by atoms with van der Waals surface area (Å²) >= 11 is 3.11. The largest absolute Gasteiger partial charge is 0.478 e. The zero-order chi connectivity index (χ0) is 15.4. The lowest BCUT2D eigenvalue weighted by atomic mass is 10.2. The first-order valence-corrected chi connectivity index (χ1v) is 6.61. The molecule has 5 nitrogen and oxygen atoms in total. The molecule has 0 fully saturated rings. The Morgan fingerprint density at radius 1 is 1.10 bits per heavy atom. The van der Waals surface area contributed by atoms with Crippen LogP contribution in [-0.2, 0) is 0 Å². The maximum absolute atomic E-state index is 13.6. The second kappa shape index (κ2) is 6.36. The van der Waals surface area contributed by atoms with Crippen molar-refractivity contribution in [1.82, 2.24) is 0 Å². The number of carbonyl (C=O) groups is 2. The maximum atomic E-state index is 13.6. The van der Waals surface area contributed by atoms with E-state index in [-0.39, 0.29) is 11.3 Å². The Balaban J connectivity index is 2.08. The van der Waals surface area contributed by atoms with Crippen LogP contribution in [0.25, 0.3) is 0 Å². The number of carboxylic acids is 1. The molecule has 0 unspecified atom stereocenters. The van der Waals surface area contributed by atoms with E-state index in [0.717, 1.165) is 0 Å². The number of carbonyl (C=O) groups excluding carboxylic acids is 1. The summed E-state index contributed by atoms with van der Waals surface area (Å²) in [5.41, 5.74) is 0.359. The molecule has 2 rings (SSSR count). The van der Waals surface area contributed by atoms with Gasteiger partial charge < -0.3 is 15.7 Å².